The number of hydrogen-bond acceptors (Lipinski definition) is 4. The molecule has 0 N–H and O–H groups in total. The van der Waals surface area contributed by atoms with Gasteiger partial charge in [-0.15, -0.1) is 0 Å². The van der Waals surface area contributed by atoms with E-state index in [0.29, 0.717) is 13.0 Å². The molecule has 1 fully saturated rings. The van der Waals surface area contributed by atoms with Crippen LogP contribution in [0.5, 0.6) is 0 Å². The third-order valence-electron chi connectivity index (χ3n) is 6.22. The highest BCUT2D eigenvalue weighted by molar-refractivity contribution is 7.89. The molecule has 4 rings (SSSR count). The maximum Gasteiger partial charge on any atom is 0.243 e. The number of rotatable bonds is 7. The largest absolute Gasteiger partial charge is 0.343 e. The van der Waals surface area contributed by atoms with Gasteiger partial charge in [0.15, 0.2) is 0 Å². The molecule has 2 aliphatic rings. The molecule has 0 unspecified atom stereocenters. The molecule has 2 aliphatic heterocycles. The predicted molar refractivity (Wildman–Crippen MR) is 123 cm³/mol. The van der Waals surface area contributed by atoms with Crippen LogP contribution in [-0.2, 0) is 32.6 Å². The Morgan fingerprint density at radius 3 is 2.34 bits per heavy atom. The highest BCUT2D eigenvalue weighted by Gasteiger charge is 2.29. The Hall–Kier alpha value is -2.71. The molecule has 0 bridgehead atoms. The minimum atomic E-state index is -3.65. The fraction of sp³-hybridized carbons (Fsp3) is 0.417. The van der Waals surface area contributed by atoms with Crippen LogP contribution in [0.1, 0.15) is 36.8 Å². The number of nitrogens with zero attached hydrogens (tertiary/aromatic N) is 3. The minimum Gasteiger partial charge on any atom is -0.343 e. The van der Waals surface area contributed by atoms with E-state index in [-0.39, 0.29) is 36.1 Å². The van der Waals surface area contributed by atoms with Crippen molar-refractivity contribution in [1.82, 2.24) is 9.21 Å². The summed E-state index contributed by atoms with van der Waals surface area (Å²) < 4.78 is 27.5. The summed E-state index contributed by atoms with van der Waals surface area (Å²) in [5.74, 6) is -0.0498. The van der Waals surface area contributed by atoms with Gasteiger partial charge < -0.3 is 9.80 Å². The highest BCUT2D eigenvalue weighted by atomic mass is 32.2. The maximum absolute atomic E-state index is 13.1. The summed E-state index contributed by atoms with van der Waals surface area (Å²) in [5, 5.41) is 0. The molecule has 0 saturated carbocycles. The number of amides is 2. The first-order valence-electron chi connectivity index (χ1n) is 11.1. The van der Waals surface area contributed by atoms with Crippen molar-refractivity contribution < 1.29 is 18.0 Å². The number of likely N-dealkylation sites (tertiary alicyclic amines) is 1. The van der Waals surface area contributed by atoms with Crippen LogP contribution >= 0.6 is 0 Å². The van der Waals surface area contributed by atoms with Crippen LogP contribution in [0.2, 0.25) is 0 Å². The average molecular weight is 456 g/mol. The quantitative estimate of drug-likeness (QED) is 0.643. The van der Waals surface area contributed by atoms with Gasteiger partial charge in [-0.3, -0.25) is 9.59 Å². The molecule has 2 aromatic rings. The SMILES string of the molecule is CN(Cc1ccccc1)S(=O)(=O)c1ccc2c(c1)CCN2C(=O)CCC(=O)N1CCCC1. The van der Waals surface area contributed by atoms with Crippen molar-refractivity contribution >= 4 is 27.5 Å². The van der Waals surface area contributed by atoms with Crippen LogP contribution in [0.25, 0.3) is 0 Å². The number of carbonyl (C=O) groups excluding carboxylic acids is 2. The standard InChI is InChI=1S/C24H29N3O4S/c1-25(18-19-7-3-2-4-8-19)32(30,31)21-9-10-22-20(17-21)13-16-27(22)24(29)12-11-23(28)26-14-5-6-15-26/h2-4,7-10,17H,5-6,11-16,18H2,1H3. The number of hydrogen-bond donors (Lipinski definition) is 0. The van der Waals surface area contributed by atoms with E-state index >= 15 is 0 Å². The zero-order chi connectivity index (χ0) is 22.7. The first kappa shape index (κ1) is 22.5. The first-order chi connectivity index (χ1) is 15.4. The van der Waals surface area contributed by atoms with Gasteiger partial charge in [0.05, 0.1) is 4.90 Å². The number of sulfonamides is 1. The molecule has 1 saturated heterocycles. The van der Waals surface area contributed by atoms with Crippen molar-refractivity contribution in [3.05, 3.63) is 59.7 Å². The number of anilines is 1. The van der Waals surface area contributed by atoms with Crippen LogP contribution < -0.4 is 4.90 Å². The van der Waals surface area contributed by atoms with Crippen LogP contribution in [0.4, 0.5) is 5.69 Å². The minimum absolute atomic E-state index is 0.0400. The molecule has 2 amide bonds. The molecule has 0 radical (unpaired) electrons. The van der Waals surface area contributed by atoms with Crippen molar-refractivity contribution in [2.75, 3.05) is 31.6 Å². The Labute approximate surface area is 189 Å². The molecule has 170 valence electrons. The van der Waals surface area contributed by atoms with Gasteiger partial charge in [0.1, 0.15) is 0 Å². The van der Waals surface area contributed by atoms with Crippen LogP contribution in [0.15, 0.2) is 53.4 Å². The van der Waals surface area contributed by atoms with Crippen molar-refractivity contribution in [2.24, 2.45) is 0 Å². The van der Waals surface area contributed by atoms with E-state index < -0.39 is 10.0 Å². The predicted octanol–water partition coefficient (Wildman–Crippen LogP) is 2.80. The Kier molecular flexibility index (Phi) is 6.62. The maximum atomic E-state index is 13.1. The zero-order valence-electron chi connectivity index (χ0n) is 18.4. The molecule has 0 aromatic heterocycles. The second-order valence-electron chi connectivity index (χ2n) is 8.42. The molecular weight excluding hydrogens is 426 g/mol. The molecular formula is C24H29N3O4S. The van der Waals surface area contributed by atoms with E-state index in [9.17, 15) is 18.0 Å². The van der Waals surface area contributed by atoms with E-state index in [1.807, 2.05) is 35.2 Å². The molecule has 8 heteroatoms. The molecule has 7 nitrogen and oxygen atoms in total. The summed E-state index contributed by atoms with van der Waals surface area (Å²) in [6.07, 6.45) is 3.07. The van der Waals surface area contributed by atoms with Gasteiger partial charge in [-0.05, 0) is 48.6 Å². The lowest BCUT2D eigenvalue weighted by atomic mass is 10.2. The van der Waals surface area contributed by atoms with Crippen LogP contribution in [-0.4, -0.2) is 56.1 Å². The molecule has 2 heterocycles. The van der Waals surface area contributed by atoms with Gasteiger partial charge in [0, 0.05) is 51.8 Å². The fourth-order valence-electron chi connectivity index (χ4n) is 4.38. The Balaban J connectivity index is 1.42. The lowest BCUT2D eigenvalue weighted by Crippen LogP contribution is -2.32. The van der Waals surface area contributed by atoms with E-state index in [0.717, 1.165) is 42.7 Å². The molecule has 0 atom stereocenters. The first-order valence-corrected chi connectivity index (χ1v) is 12.5. The van der Waals surface area contributed by atoms with Crippen molar-refractivity contribution in [2.45, 2.75) is 43.5 Å². The number of benzene rings is 2. The fourth-order valence-corrected chi connectivity index (χ4v) is 5.59. The Morgan fingerprint density at radius 1 is 0.938 bits per heavy atom. The van der Waals surface area contributed by atoms with Gasteiger partial charge in [-0.2, -0.15) is 4.31 Å². The summed E-state index contributed by atoms with van der Waals surface area (Å²) in [7, 11) is -2.08. The monoisotopic (exact) mass is 455 g/mol. The van der Waals surface area contributed by atoms with Gasteiger partial charge >= 0.3 is 0 Å². The van der Waals surface area contributed by atoms with Gasteiger partial charge in [-0.25, -0.2) is 8.42 Å². The number of carbonyl (C=O) groups is 2. The van der Waals surface area contributed by atoms with Crippen LogP contribution in [0, 0.1) is 0 Å². The second-order valence-corrected chi connectivity index (χ2v) is 10.5. The summed E-state index contributed by atoms with van der Waals surface area (Å²) in [5.41, 5.74) is 2.51. The van der Waals surface area contributed by atoms with Gasteiger partial charge in [0.25, 0.3) is 0 Å². The van der Waals surface area contributed by atoms with E-state index in [2.05, 4.69) is 0 Å². The highest BCUT2D eigenvalue weighted by Crippen LogP contribution is 2.32. The molecule has 0 spiro atoms. The second kappa shape index (κ2) is 9.42. The van der Waals surface area contributed by atoms with E-state index in [4.69, 9.17) is 0 Å². The van der Waals surface area contributed by atoms with Gasteiger partial charge in [0.2, 0.25) is 21.8 Å². The summed E-state index contributed by atoms with van der Waals surface area (Å²) in [6.45, 7) is 2.37. The Bertz CT molecular complexity index is 1100. The molecule has 2 aromatic carbocycles. The summed E-state index contributed by atoms with van der Waals surface area (Å²) in [6, 6.07) is 14.4. The van der Waals surface area contributed by atoms with E-state index in [1.54, 1.807) is 30.1 Å². The summed E-state index contributed by atoms with van der Waals surface area (Å²) in [4.78, 5) is 28.7. The van der Waals surface area contributed by atoms with Crippen LogP contribution in [0.3, 0.4) is 0 Å². The zero-order valence-corrected chi connectivity index (χ0v) is 19.2. The lowest BCUT2D eigenvalue weighted by Gasteiger charge is -2.20. The molecule has 0 aliphatic carbocycles. The van der Waals surface area contributed by atoms with Gasteiger partial charge in [-0.1, -0.05) is 30.3 Å². The lowest BCUT2D eigenvalue weighted by molar-refractivity contribution is -0.132. The Morgan fingerprint density at radius 2 is 1.62 bits per heavy atom. The van der Waals surface area contributed by atoms with Crippen molar-refractivity contribution in [3.63, 3.8) is 0 Å². The smallest absolute Gasteiger partial charge is 0.243 e. The van der Waals surface area contributed by atoms with E-state index in [1.165, 1.54) is 4.31 Å². The van der Waals surface area contributed by atoms with Crippen molar-refractivity contribution in [3.8, 4) is 0 Å². The normalized spacial score (nSPS) is 15.9. The summed E-state index contributed by atoms with van der Waals surface area (Å²) >= 11 is 0. The third kappa shape index (κ3) is 4.71. The average Bonchev–Trinajstić information content (AvgIpc) is 3.47. The number of fused-ring (bicyclic) bond motifs is 1. The topological polar surface area (TPSA) is 78.0 Å². The molecule has 32 heavy (non-hydrogen) atoms. The van der Waals surface area contributed by atoms with Crippen molar-refractivity contribution in [1.29, 1.82) is 0 Å². The third-order valence-corrected chi connectivity index (χ3v) is 8.01.